The van der Waals surface area contributed by atoms with Crippen LogP contribution >= 0.6 is 0 Å². The van der Waals surface area contributed by atoms with Crippen LogP contribution in [-0.4, -0.2) is 49.7 Å². The maximum atomic E-state index is 11.8. The molecule has 204 valence electrons. The molecule has 0 atom stereocenters. The van der Waals surface area contributed by atoms with Gasteiger partial charge in [-0.05, 0) is 48.5 Å². The molecular weight excluding hydrogens is 536 g/mol. The minimum Gasteiger partial charge on any atom is -0.463 e. The minimum atomic E-state index is -0.215. The second kappa shape index (κ2) is 10.4. The van der Waals surface area contributed by atoms with E-state index < -0.39 is 0 Å². The standard InChI is InChI=1S/C15H11N5O2.C14H9N5O/c1-20-11-7-9(10-4-5-16-8-17-10)13(12-3-2-6-22-12)18-14(11)19-15(20)21;1-2-12(20-5-1)13-10(11-3-4-15-8-16-11)6-9-7-17-19-14(9)18-13/h2-8H,1H3,(H,18,19,21);1-8H,(H,17,18,19). The molecule has 8 heterocycles. The normalized spacial score (nSPS) is 11.1. The molecule has 0 aliphatic heterocycles. The van der Waals surface area contributed by atoms with Gasteiger partial charge in [-0.15, -0.1) is 0 Å². The van der Waals surface area contributed by atoms with Crippen molar-refractivity contribution < 1.29 is 8.83 Å². The topological polar surface area (TPSA) is 170 Å². The smallest absolute Gasteiger partial charge is 0.327 e. The van der Waals surface area contributed by atoms with Gasteiger partial charge in [0.2, 0.25) is 0 Å². The SMILES string of the molecule is Cn1c(=O)[nH]c2nc(-c3ccco3)c(-c3ccncn3)cc21.c1coc(-c2nc3[nH]ncc3cc2-c2ccncn2)c1. The van der Waals surface area contributed by atoms with Gasteiger partial charge in [0, 0.05) is 36.0 Å². The van der Waals surface area contributed by atoms with E-state index in [4.69, 9.17) is 8.83 Å². The molecule has 13 heteroatoms. The van der Waals surface area contributed by atoms with Crippen molar-refractivity contribution in [1.29, 1.82) is 0 Å². The van der Waals surface area contributed by atoms with Crippen molar-refractivity contribution >= 4 is 22.2 Å². The van der Waals surface area contributed by atoms with Crippen molar-refractivity contribution in [2.45, 2.75) is 0 Å². The number of nitrogens with zero attached hydrogens (tertiary/aromatic N) is 8. The Labute approximate surface area is 236 Å². The van der Waals surface area contributed by atoms with Gasteiger partial charge in [-0.1, -0.05) is 0 Å². The first-order chi connectivity index (χ1) is 20.7. The van der Waals surface area contributed by atoms with Gasteiger partial charge in [0.15, 0.2) is 22.8 Å². The molecule has 0 unspecified atom stereocenters. The molecule has 8 aromatic rings. The Hall–Kier alpha value is -6.24. The highest BCUT2D eigenvalue weighted by molar-refractivity contribution is 5.88. The summed E-state index contributed by atoms with van der Waals surface area (Å²) in [6.45, 7) is 0. The zero-order valence-corrected chi connectivity index (χ0v) is 22.0. The van der Waals surface area contributed by atoms with E-state index in [0.29, 0.717) is 39.7 Å². The summed E-state index contributed by atoms with van der Waals surface area (Å²) in [7, 11) is 1.69. The van der Waals surface area contributed by atoms with Gasteiger partial charge >= 0.3 is 5.69 Å². The number of aryl methyl sites for hydroxylation is 1. The lowest BCUT2D eigenvalue weighted by atomic mass is 10.1. The summed E-state index contributed by atoms with van der Waals surface area (Å²) < 4.78 is 12.4. The fraction of sp³-hybridized carbons (Fsp3) is 0.0345. The zero-order valence-electron chi connectivity index (χ0n) is 22.0. The van der Waals surface area contributed by atoms with Crippen molar-refractivity contribution in [2.24, 2.45) is 7.05 Å². The quantitative estimate of drug-likeness (QED) is 0.311. The molecule has 0 fully saturated rings. The molecule has 0 aliphatic carbocycles. The number of imidazole rings is 1. The van der Waals surface area contributed by atoms with Crippen LogP contribution in [0.1, 0.15) is 0 Å². The van der Waals surface area contributed by atoms with Crippen LogP contribution in [-0.2, 0) is 7.05 Å². The van der Waals surface area contributed by atoms with E-state index in [9.17, 15) is 4.79 Å². The van der Waals surface area contributed by atoms with Crippen molar-refractivity contribution in [3.05, 3.63) is 103 Å². The van der Waals surface area contributed by atoms with E-state index in [1.807, 2.05) is 36.4 Å². The van der Waals surface area contributed by atoms with Gasteiger partial charge in [0.05, 0.1) is 35.6 Å². The van der Waals surface area contributed by atoms with Crippen LogP contribution in [0.3, 0.4) is 0 Å². The van der Waals surface area contributed by atoms with Gasteiger partial charge in [0.1, 0.15) is 24.0 Å². The van der Waals surface area contributed by atoms with Gasteiger partial charge in [0.25, 0.3) is 0 Å². The maximum absolute atomic E-state index is 11.8. The summed E-state index contributed by atoms with van der Waals surface area (Å²) in [5.41, 5.74) is 6.23. The van der Waals surface area contributed by atoms with Crippen molar-refractivity contribution in [3.8, 4) is 45.4 Å². The summed E-state index contributed by atoms with van der Waals surface area (Å²) in [6, 6.07) is 14.8. The van der Waals surface area contributed by atoms with Crippen LogP contribution in [0, 0.1) is 0 Å². The molecule has 0 amide bonds. The number of nitrogens with one attached hydrogen (secondary N) is 2. The van der Waals surface area contributed by atoms with E-state index >= 15 is 0 Å². The Kier molecular flexibility index (Phi) is 6.13. The van der Waals surface area contributed by atoms with E-state index in [2.05, 4.69) is 45.1 Å². The highest BCUT2D eigenvalue weighted by atomic mass is 16.3. The monoisotopic (exact) mass is 556 g/mol. The zero-order chi connectivity index (χ0) is 28.5. The fourth-order valence-corrected chi connectivity index (χ4v) is 4.52. The largest absolute Gasteiger partial charge is 0.463 e. The molecular formula is C29H20N10O3. The van der Waals surface area contributed by atoms with Crippen molar-refractivity contribution in [2.75, 3.05) is 0 Å². The molecule has 13 nitrogen and oxygen atoms in total. The molecule has 0 aliphatic rings. The first-order valence-electron chi connectivity index (χ1n) is 12.7. The Bertz CT molecular complexity index is 2170. The van der Waals surface area contributed by atoms with Crippen LogP contribution in [0.25, 0.3) is 67.6 Å². The van der Waals surface area contributed by atoms with Crippen molar-refractivity contribution in [3.63, 3.8) is 0 Å². The van der Waals surface area contributed by atoms with E-state index in [1.54, 1.807) is 50.3 Å². The second-order valence-electron chi connectivity index (χ2n) is 9.08. The third-order valence-electron chi connectivity index (χ3n) is 6.54. The highest BCUT2D eigenvalue weighted by Gasteiger charge is 2.17. The van der Waals surface area contributed by atoms with Gasteiger partial charge in [-0.3, -0.25) is 14.6 Å². The molecule has 0 saturated heterocycles. The van der Waals surface area contributed by atoms with Gasteiger partial charge < -0.3 is 8.83 Å². The fourth-order valence-electron chi connectivity index (χ4n) is 4.52. The van der Waals surface area contributed by atoms with Crippen LogP contribution in [0.4, 0.5) is 0 Å². The highest BCUT2D eigenvalue weighted by Crippen LogP contribution is 2.33. The van der Waals surface area contributed by atoms with E-state index in [-0.39, 0.29) is 5.69 Å². The summed E-state index contributed by atoms with van der Waals surface area (Å²) in [4.78, 5) is 40.1. The predicted molar refractivity (Wildman–Crippen MR) is 153 cm³/mol. The molecule has 0 saturated carbocycles. The van der Waals surface area contributed by atoms with E-state index in [1.165, 1.54) is 17.2 Å². The number of pyridine rings is 2. The number of hydrogen-bond acceptors (Lipinski definition) is 10. The van der Waals surface area contributed by atoms with Crippen LogP contribution in [0.2, 0.25) is 0 Å². The summed E-state index contributed by atoms with van der Waals surface area (Å²) in [5, 5.41) is 7.80. The Balaban J connectivity index is 0.000000138. The van der Waals surface area contributed by atoms with Gasteiger partial charge in [-0.25, -0.2) is 34.7 Å². The van der Waals surface area contributed by atoms with Crippen LogP contribution in [0.15, 0.2) is 106 Å². The number of H-pyrrole nitrogens is 2. The lowest BCUT2D eigenvalue weighted by Crippen LogP contribution is -2.11. The maximum Gasteiger partial charge on any atom is 0.327 e. The van der Waals surface area contributed by atoms with Gasteiger partial charge in [-0.2, -0.15) is 5.10 Å². The minimum absolute atomic E-state index is 0.215. The molecule has 2 N–H and O–H groups in total. The number of rotatable bonds is 4. The molecule has 0 radical (unpaired) electrons. The molecule has 8 rings (SSSR count). The Morgan fingerprint density at radius 1 is 0.786 bits per heavy atom. The third kappa shape index (κ3) is 4.50. The number of furan rings is 2. The molecule has 8 aromatic heterocycles. The lowest BCUT2D eigenvalue weighted by molar-refractivity contribution is 0.580. The van der Waals surface area contributed by atoms with E-state index in [0.717, 1.165) is 27.9 Å². The number of aromatic amines is 2. The summed E-state index contributed by atoms with van der Waals surface area (Å²) >= 11 is 0. The van der Waals surface area contributed by atoms with Crippen molar-refractivity contribution in [1.82, 2.24) is 49.7 Å². The Morgan fingerprint density at radius 2 is 1.40 bits per heavy atom. The number of fused-ring (bicyclic) bond motifs is 2. The average molecular weight is 557 g/mol. The number of aromatic nitrogens is 10. The first kappa shape index (κ1) is 24.8. The number of hydrogen-bond donors (Lipinski definition) is 2. The molecule has 0 aromatic carbocycles. The summed E-state index contributed by atoms with van der Waals surface area (Å²) in [6.07, 6.45) is 11.3. The average Bonchev–Trinajstić information content (AvgIpc) is 3.86. The Morgan fingerprint density at radius 3 is 1.98 bits per heavy atom. The lowest BCUT2D eigenvalue weighted by Gasteiger charge is -2.07. The first-order valence-corrected chi connectivity index (χ1v) is 12.7. The molecule has 0 spiro atoms. The molecule has 42 heavy (non-hydrogen) atoms. The van der Waals surface area contributed by atoms with Crippen LogP contribution in [0.5, 0.6) is 0 Å². The predicted octanol–water partition coefficient (Wildman–Crippen LogP) is 4.65. The molecule has 0 bridgehead atoms. The third-order valence-corrected chi connectivity index (χ3v) is 6.54. The summed E-state index contributed by atoms with van der Waals surface area (Å²) in [5.74, 6) is 1.30. The van der Waals surface area contributed by atoms with Crippen LogP contribution < -0.4 is 5.69 Å². The second-order valence-corrected chi connectivity index (χ2v) is 9.08.